The summed E-state index contributed by atoms with van der Waals surface area (Å²) in [5, 5.41) is 1.83. The van der Waals surface area contributed by atoms with Gasteiger partial charge in [0, 0.05) is 23.1 Å². The Kier molecular flexibility index (Phi) is 6.31. The molecule has 0 aromatic heterocycles. The van der Waals surface area contributed by atoms with Gasteiger partial charge in [0.1, 0.15) is 0 Å². The van der Waals surface area contributed by atoms with E-state index in [1.165, 1.54) is 16.0 Å². The predicted octanol–water partition coefficient (Wildman–Crippen LogP) is 9.63. The zero-order valence-electron chi connectivity index (χ0n) is 23.6. The molecular formula is C38H33NO2. The number of benzene rings is 5. The highest BCUT2D eigenvalue weighted by molar-refractivity contribution is 6.32. The van der Waals surface area contributed by atoms with Crippen molar-refractivity contribution in [2.45, 2.75) is 39.5 Å². The van der Waals surface area contributed by atoms with Gasteiger partial charge in [-0.3, -0.25) is 14.5 Å². The molecule has 2 aliphatic rings. The standard InChI is InChI=1S/C38H33NO2/c1-3-5-12-24(4-2)23-39-37(40)31-21-19-29-33-27(25-13-8-6-9-14-25)17-18-28(26-15-10-7-11-16-26)34(33)30-20-22-32(38(39)41)36(31)35(29)30/h6-11,13-22,24H,3-5,12,23H2,1-2H3. The number of fused-ring (bicyclic) bond motifs is 3. The predicted molar refractivity (Wildman–Crippen MR) is 168 cm³/mol. The lowest BCUT2D eigenvalue weighted by atomic mass is 9.88. The van der Waals surface area contributed by atoms with Crippen molar-refractivity contribution in [3.05, 3.63) is 108 Å². The van der Waals surface area contributed by atoms with Crippen molar-refractivity contribution in [2.75, 3.05) is 6.54 Å². The molecule has 5 aromatic carbocycles. The fourth-order valence-electron chi connectivity index (χ4n) is 6.87. The van der Waals surface area contributed by atoms with Gasteiger partial charge in [0.25, 0.3) is 11.8 Å². The van der Waals surface area contributed by atoms with Crippen LogP contribution in [0.5, 0.6) is 0 Å². The molecule has 1 aliphatic heterocycles. The SMILES string of the molecule is CCCCC(CC)CN1C(=O)c2ccc3c4c(ccc(c24)C1=O)-c1c(-c2ccccc2)ccc(-c2ccccc2)c1-3. The van der Waals surface area contributed by atoms with Crippen LogP contribution in [0.3, 0.4) is 0 Å². The summed E-state index contributed by atoms with van der Waals surface area (Å²) in [5.41, 5.74) is 10.4. The Labute approximate surface area is 241 Å². The van der Waals surface area contributed by atoms with Crippen molar-refractivity contribution < 1.29 is 9.59 Å². The van der Waals surface area contributed by atoms with Crippen molar-refractivity contribution in [3.63, 3.8) is 0 Å². The first-order valence-electron chi connectivity index (χ1n) is 14.9. The number of hydrogen-bond donors (Lipinski definition) is 0. The monoisotopic (exact) mass is 535 g/mol. The van der Waals surface area contributed by atoms with E-state index in [1.54, 1.807) is 0 Å². The maximum Gasteiger partial charge on any atom is 0.261 e. The smallest absolute Gasteiger partial charge is 0.261 e. The summed E-state index contributed by atoms with van der Waals surface area (Å²) in [7, 11) is 0. The summed E-state index contributed by atoms with van der Waals surface area (Å²) < 4.78 is 0. The second-order valence-electron chi connectivity index (χ2n) is 11.4. The lowest BCUT2D eigenvalue weighted by molar-refractivity contribution is 0.0580. The van der Waals surface area contributed by atoms with Gasteiger partial charge in [-0.1, -0.05) is 118 Å². The molecule has 7 rings (SSSR count). The summed E-state index contributed by atoms with van der Waals surface area (Å²) in [5.74, 6) is -0.00687. The molecule has 0 saturated carbocycles. The Morgan fingerprint density at radius 2 is 1.00 bits per heavy atom. The van der Waals surface area contributed by atoms with E-state index in [9.17, 15) is 9.59 Å². The molecule has 1 aliphatic carbocycles. The molecule has 0 spiro atoms. The van der Waals surface area contributed by atoms with Crippen LogP contribution in [0, 0.1) is 5.92 Å². The number of carbonyl (C=O) groups is 2. The molecule has 41 heavy (non-hydrogen) atoms. The Bertz CT molecular complexity index is 1700. The fourth-order valence-corrected chi connectivity index (χ4v) is 6.87. The lowest BCUT2D eigenvalue weighted by Gasteiger charge is -2.30. The van der Waals surface area contributed by atoms with Crippen LogP contribution < -0.4 is 0 Å². The molecular weight excluding hydrogens is 502 g/mol. The number of imide groups is 1. The molecule has 3 nitrogen and oxygen atoms in total. The number of unbranched alkanes of at least 4 members (excludes halogenated alkanes) is 1. The number of rotatable bonds is 8. The van der Waals surface area contributed by atoms with Gasteiger partial charge >= 0.3 is 0 Å². The molecule has 0 N–H and O–H groups in total. The highest BCUT2D eigenvalue weighted by atomic mass is 16.2. The van der Waals surface area contributed by atoms with Crippen LogP contribution in [0.25, 0.3) is 55.3 Å². The van der Waals surface area contributed by atoms with Gasteiger partial charge in [-0.15, -0.1) is 0 Å². The first-order valence-corrected chi connectivity index (χ1v) is 14.9. The van der Waals surface area contributed by atoms with Gasteiger partial charge in [-0.2, -0.15) is 0 Å². The van der Waals surface area contributed by atoms with E-state index in [-0.39, 0.29) is 11.8 Å². The van der Waals surface area contributed by atoms with E-state index >= 15 is 0 Å². The molecule has 0 saturated heterocycles. The zero-order valence-corrected chi connectivity index (χ0v) is 23.6. The average molecular weight is 536 g/mol. The minimum Gasteiger partial charge on any atom is -0.274 e. The van der Waals surface area contributed by atoms with E-state index in [1.807, 2.05) is 24.3 Å². The summed E-state index contributed by atoms with van der Waals surface area (Å²) >= 11 is 0. The van der Waals surface area contributed by atoms with Gasteiger partial charge in [-0.25, -0.2) is 0 Å². The third kappa shape index (κ3) is 3.94. The van der Waals surface area contributed by atoms with Gasteiger partial charge in [0.2, 0.25) is 0 Å². The second-order valence-corrected chi connectivity index (χ2v) is 11.4. The van der Waals surface area contributed by atoms with Gasteiger partial charge in [-0.05, 0) is 74.4 Å². The Morgan fingerprint density at radius 3 is 1.46 bits per heavy atom. The summed E-state index contributed by atoms with van der Waals surface area (Å²) in [4.78, 5) is 29.4. The van der Waals surface area contributed by atoms with E-state index in [0.717, 1.165) is 69.8 Å². The maximum atomic E-state index is 13.9. The van der Waals surface area contributed by atoms with Crippen LogP contribution in [-0.2, 0) is 0 Å². The molecule has 5 aromatic rings. The Balaban J connectivity index is 1.45. The van der Waals surface area contributed by atoms with Gasteiger partial charge in [0.05, 0.1) is 0 Å². The van der Waals surface area contributed by atoms with Gasteiger partial charge < -0.3 is 0 Å². The first-order chi connectivity index (χ1) is 20.1. The van der Waals surface area contributed by atoms with Crippen molar-refractivity contribution in [3.8, 4) is 44.5 Å². The molecule has 202 valence electrons. The second kappa shape index (κ2) is 10.2. The first kappa shape index (κ1) is 25.5. The Hall–Kier alpha value is -4.50. The van der Waals surface area contributed by atoms with Crippen molar-refractivity contribution >= 4 is 22.6 Å². The van der Waals surface area contributed by atoms with Crippen LogP contribution in [0.15, 0.2) is 97.1 Å². The highest BCUT2D eigenvalue weighted by Gasteiger charge is 2.38. The van der Waals surface area contributed by atoms with E-state index in [2.05, 4.69) is 86.6 Å². The van der Waals surface area contributed by atoms with Crippen molar-refractivity contribution in [1.82, 2.24) is 4.90 Å². The quantitative estimate of drug-likeness (QED) is 0.182. The third-order valence-corrected chi connectivity index (χ3v) is 9.01. The van der Waals surface area contributed by atoms with Crippen molar-refractivity contribution in [2.24, 2.45) is 5.92 Å². The largest absolute Gasteiger partial charge is 0.274 e. The average Bonchev–Trinajstić information content (AvgIpc) is 3.37. The summed E-state index contributed by atoms with van der Waals surface area (Å²) in [6.45, 7) is 4.82. The lowest BCUT2D eigenvalue weighted by Crippen LogP contribution is -2.43. The molecule has 1 unspecified atom stereocenters. The number of carbonyl (C=O) groups excluding carboxylic acids is 2. The maximum absolute atomic E-state index is 13.9. The molecule has 1 heterocycles. The van der Waals surface area contributed by atoms with Crippen LogP contribution >= 0.6 is 0 Å². The minimum atomic E-state index is -0.163. The van der Waals surface area contributed by atoms with Crippen molar-refractivity contribution in [1.29, 1.82) is 0 Å². The Morgan fingerprint density at radius 1 is 0.561 bits per heavy atom. The molecule has 0 radical (unpaired) electrons. The van der Waals surface area contributed by atoms with Crippen LogP contribution in [0.1, 0.15) is 60.2 Å². The summed E-state index contributed by atoms with van der Waals surface area (Å²) in [6.07, 6.45) is 4.21. The molecule has 0 bridgehead atoms. The number of hydrogen-bond acceptors (Lipinski definition) is 2. The van der Waals surface area contributed by atoms with E-state index in [0.29, 0.717) is 23.6 Å². The van der Waals surface area contributed by atoms with E-state index in [4.69, 9.17) is 0 Å². The van der Waals surface area contributed by atoms with E-state index < -0.39 is 0 Å². The fraction of sp³-hybridized carbons (Fsp3) is 0.211. The molecule has 3 heteroatoms. The third-order valence-electron chi connectivity index (χ3n) is 9.01. The van der Waals surface area contributed by atoms with Gasteiger partial charge in [0.15, 0.2) is 0 Å². The topological polar surface area (TPSA) is 37.4 Å². The van der Waals surface area contributed by atoms with Crippen LogP contribution in [-0.4, -0.2) is 23.3 Å². The normalized spacial score (nSPS) is 14.0. The van der Waals surface area contributed by atoms with Crippen LogP contribution in [0.2, 0.25) is 0 Å². The minimum absolute atomic E-state index is 0.163. The number of nitrogens with zero attached hydrogens (tertiary/aromatic N) is 1. The zero-order chi connectivity index (χ0) is 28.1. The molecule has 0 fully saturated rings. The molecule has 2 amide bonds. The van der Waals surface area contributed by atoms with Crippen LogP contribution in [0.4, 0.5) is 0 Å². The highest BCUT2D eigenvalue weighted by Crippen LogP contribution is 2.56. The molecule has 1 atom stereocenters. The number of amides is 2. The summed E-state index contributed by atoms with van der Waals surface area (Å²) in [6, 6.07) is 33.5.